The van der Waals surface area contributed by atoms with E-state index in [0.29, 0.717) is 15.7 Å². The molecule has 23 heavy (non-hydrogen) atoms. The summed E-state index contributed by atoms with van der Waals surface area (Å²) < 4.78 is 0.793. The van der Waals surface area contributed by atoms with Crippen LogP contribution in [0.5, 0.6) is 0 Å². The third-order valence-corrected chi connectivity index (χ3v) is 6.25. The van der Waals surface area contributed by atoms with Crippen molar-refractivity contribution >= 4 is 56.5 Å². The van der Waals surface area contributed by atoms with Gasteiger partial charge in [-0.3, -0.25) is 9.59 Å². The summed E-state index contributed by atoms with van der Waals surface area (Å²) in [4.78, 5) is 30.4. The number of nitrogens with zero attached hydrogens (tertiary/aromatic N) is 2. The Balaban J connectivity index is 1.81. The number of thiocarbonyl (C=S) groups is 1. The number of thioether (sulfide) groups is 1. The Morgan fingerprint density at radius 3 is 2.52 bits per heavy atom. The number of carbonyl (C=O) groups excluding carboxylic acids is 2. The van der Waals surface area contributed by atoms with Crippen LogP contribution in [0.3, 0.4) is 0 Å². The van der Waals surface area contributed by atoms with Crippen LogP contribution in [0.2, 0.25) is 0 Å². The fourth-order valence-corrected chi connectivity index (χ4v) is 4.33. The van der Waals surface area contributed by atoms with Gasteiger partial charge < -0.3 is 10.2 Å². The zero-order valence-electron chi connectivity index (χ0n) is 13.4. The summed E-state index contributed by atoms with van der Waals surface area (Å²) in [5.74, 6) is 0.0943. The number of hydrogen-bond acceptors (Lipinski definition) is 6. The second kappa shape index (κ2) is 8.75. The first-order valence-electron chi connectivity index (χ1n) is 7.67. The molecule has 1 aliphatic heterocycles. The molecule has 1 fully saturated rings. The Hall–Kier alpha value is -0.990. The number of aromatic nitrogens is 1. The maximum atomic E-state index is 12.0. The van der Waals surface area contributed by atoms with E-state index in [-0.39, 0.29) is 17.4 Å². The minimum atomic E-state index is -0.143. The van der Waals surface area contributed by atoms with Crippen molar-refractivity contribution in [3.63, 3.8) is 0 Å². The zero-order valence-corrected chi connectivity index (χ0v) is 15.8. The molecule has 5 nitrogen and oxygen atoms in total. The number of nitrogens with one attached hydrogen (secondary N) is 1. The van der Waals surface area contributed by atoms with Crippen molar-refractivity contribution in [1.82, 2.24) is 9.88 Å². The number of anilines is 1. The first-order valence-corrected chi connectivity index (χ1v) is 9.88. The number of aryl methyl sites for hydroxylation is 1. The molecule has 126 valence electrons. The first kappa shape index (κ1) is 18.4. The molecule has 1 aliphatic rings. The van der Waals surface area contributed by atoms with Crippen LogP contribution in [-0.4, -0.2) is 44.7 Å². The second-order valence-corrected chi connectivity index (χ2v) is 8.10. The Labute approximate surface area is 150 Å². The van der Waals surface area contributed by atoms with Crippen LogP contribution in [0.15, 0.2) is 0 Å². The quantitative estimate of drug-likeness (QED) is 0.646. The maximum Gasteiger partial charge on any atom is 0.236 e. The number of carbonyl (C=O) groups is 2. The summed E-state index contributed by atoms with van der Waals surface area (Å²) in [6, 6.07) is 0. The van der Waals surface area contributed by atoms with Crippen molar-refractivity contribution in [3.8, 4) is 0 Å². The molecule has 0 aliphatic carbocycles. The number of Topliss-reactive ketones (excluding diaryl/α,β-unsaturated/α-hetero) is 1. The van der Waals surface area contributed by atoms with Crippen LogP contribution in [-0.2, 0) is 4.79 Å². The van der Waals surface area contributed by atoms with Gasteiger partial charge in [0.2, 0.25) is 5.91 Å². The van der Waals surface area contributed by atoms with E-state index < -0.39 is 0 Å². The lowest BCUT2D eigenvalue weighted by Gasteiger charge is -2.22. The summed E-state index contributed by atoms with van der Waals surface area (Å²) in [5.41, 5.74) is 0.658. The number of likely N-dealkylation sites (tertiary alicyclic amines) is 1. The monoisotopic (exact) mass is 371 g/mol. The topological polar surface area (TPSA) is 62.3 Å². The lowest BCUT2D eigenvalue weighted by atomic mass is 10.2. The van der Waals surface area contributed by atoms with Crippen molar-refractivity contribution in [2.75, 3.05) is 24.2 Å². The molecule has 1 amide bonds. The van der Waals surface area contributed by atoms with E-state index in [2.05, 4.69) is 15.2 Å². The molecule has 0 radical (unpaired) electrons. The fourth-order valence-electron chi connectivity index (χ4n) is 2.40. The van der Waals surface area contributed by atoms with Crippen LogP contribution in [0.1, 0.15) is 48.0 Å². The highest BCUT2D eigenvalue weighted by atomic mass is 32.2. The Morgan fingerprint density at radius 1 is 1.30 bits per heavy atom. The molecule has 0 atom stereocenters. The van der Waals surface area contributed by atoms with E-state index in [1.165, 1.54) is 55.7 Å². The summed E-state index contributed by atoms with van der Waals surface area (Å²) in [7, 11) is 0. The highest BCUT2D eigenvalue weighted by molar-refractivity contribution is 8.23. The molecule has 1 N–H and O–H groups in total. The van der Waals surface area contributed by atoms with Crippen molar-refractivity contribution in [2.24, 2.45) is 0 Å². The van der Waals surface area contributed by atoms with Gasteiger partial charge in [-0.05, 0) is 19.8 Å². The van der Waals surface area contributed by atoms with Gasteiger partial charge in [-0.15, -0.1) is 0 Å². The Kier molecular flexibility index (Phi) is 6.98. The van der Waals surface area contributed by atoms with Crippen molar-refractivity contribution in [3.05, 3.63) is 10.6 Å². The van der Waals surface area contributed by atoms with Gasteiger partial charge in [0.25, 0.3) is 0 Å². The summed E-state index contributed by atoms with van der Waals surface area (Å²) in [6.07, 6.45) is 4.84. The van der Waals surface area contributed by atoms with E-state index in [0.717, 1.165) is 17.4 Å². The average Bonchev–Trinajstić information content (AvgIpc) is 2.72. The normalized spacial score (nSPS) is 15.1. The molecule has 1 aromatic heterocycles. The number of amides is 1. The number of rotatable bonds is 4. The summed E-state index contributed by atoms with van der Waals surface area (Å²) in [5, 5.41) is 3.22. The van der Waals surface area contributed by atoms with Crippen molar-refractivity contribution in [2.45, 2.75) is 39.5 Å². The molecule has 0 spiro atoms. The van der Waals surface area contributed by atoms with Gasteiger partial charge in [0, 0.05) is 20.0 Å². The van der Waals surface area contributed by atoms with E-state index in [1.807, 2.05) is 0 Å². The lowest BCUT2D eigenvalue weighted by Crippen LogP contribution is -2.29. The standard InChI is InChI=1S/C15H21N3O2S3/c1-10-13(11(2)19)23-14(16-10)17-12(20)9-22-15(21)18-7-5-3-4-6-8-18/h3-9H2,1-2H3,(H,16,17,20). The highest BCUT2D eigenvalue weighted by Crippen LogP contribution is 2.23. The van der Waals surface area contributed by atoms with E-state index in [9.17, 15) is 9.59 Å². The molecule has 1 aromatic rings. The molecule has 2 heterocycles. The molecule has 0 bridgehead atoms. The van der Waals surface area contributed by atoms with Crippen LogP contribution in [0.25, 0.3) is 0 Å². The van der Waals surface area contributed by atoms with E-state index >= 15 is 0 Å². The second-order valence-electron chi connectivity index (χ2n) is 5.49. The molecule has 0 saturated carbocycles. The number of hydrogen-bond donors (Lipinski definition) is 1. The molecule has 0 unspecified atom stereocenters. The third-order valence-electron chi connectivity index (χ3n) is 3.55. The highest BCUT2D eigenvalue weighted by Gasteiger charge is 2.16. The molecular weight excluding hydrogens is 350 g/mol. The molecule has 0 aromatic carbocycles. The van der Waals surface area contributed by atoms with Gasteiger partial charge in [0.1, 0.15) is 4.32 Å². The smallest absolute Gasteiger partial charge is 0.236 e. The van der Waals surface area contributed by atoms with E-state index in [1.54, 1.807) is 6.92 Å². The minimum absolute atomic E-state index is 0.0304. The minimum Gasteiger partial charge on any atom is -0.358 e. The molecule has 2 rings (SSSR count). The predicted molar refractivity (Wildman–Crippen MR) is 101 cm³/mol. The van der Waals surface area contributed by atoms with Gasteiger partial charge in [0.05, 0.1) is 16.3 Å². The number of thiazole rings is 1. The van der Waals surface area contributed by atoms with Crippen LogP contribution < -0.4 is 5.32 Å². The summed E-state index contributed by atoms with van der Waals surface area (Å²) in [6.45, 7) is 5.25. The third kappa shape index (κ3) is 5.54. The van der Waals surface area contributed by atoms with Gasteiger partial charge in [-0.1, -0.05) is 48.2 Å². The fraction of sp³-hybridized carbons (Fsp3) is 0.600. The maximum absolute atomic E-state index is 12.0. The summed E-state index contributed by atoms with van der Waals surface area (Å²) >= 11 is 8.04. The molecular formula is C15H21N3O2S3. The zero-order chi connectivity index (χ0) is 16.8. The van der Waals surface area contributed by atoms with Crippen molar-refractivity contribution < 1.29 is 9.59 Å². The van der Waals surface area contributed by atoms with E-state index in [4.69, 9.17) is 12.2 Å². The Morgan fingerprint density at radius 2 is 1.96 bits per heavy atom. The first-order chi connectivity index (χ1) is 11.0. The van der Waals surface area contributed by atoms with Crippen LogP contribution >= 0.6 is 35.3 Å². The van der Waals surface area contributed by atoms with Gasteiger partial charge in [-0.25, -0.2) is 4.98 Å². The Bertz CT molecular complexity index is 593. The van der Waals surface area contributed by atoms with Gasteiger partial charge in [-0.2, -0.15) is 0 Å². The molecule has 1 saturated heterocycles. The predicted octanol–water partition coefficient (Wildman–Crippen LogP) is 3.49. The lowest BCUT2D eigenvalue weighted by molar-refractivity contribution is -0.113. The van der Waals surface area contributed by atoms with Gasteiger partial charge in [0.15, 0.2) is 10.9 Å². The van der Waals surface area contributed by atoms with Crippen LogP contribution in [0.4, 0.5) is 5.13 Å². The van der Waals surface area contributed by atoms with Gasteiger partial charge >= 0.3 is 0 Å². The number of ketones is 1. The average molecular weight is 372 g/mol. The SMILES string of the molecule is CC(=O)c1sc(NC(=O)CSC(=S)N2CCCCCC2)nc1C. The molecule has 8 heteroatoms. The van der Waals surface area contributed by atoms with Crippen molar-refractivity contribution in [1.29, 1.82) is 0 Å². The largest absolute Gasteiger partial charge is 0.358 e. The van der Waals surface area contributed by atoms with Crippen LogP contribution in [0, 0.1) is 6.92 Å².